The number of thiazole rings is 1. The van der Waals surface area contributed by atoms with Gasteiger partial charge >= 0.3 is 0 Å². The third kappa shape index (κ3) is 5.88. The first kappa shape index (κ1) is 28.1. The van der Waals surface area contributed by atoms with Gasteiger partial charge in [-0.25, -0.2) is 4.98 Å². The summed E-state index contributed by atoms with van der Waals surface area (Å²) in [5.74, 6) is 0.764. The van der Waals surface area contributed by atoms with Gasteiger partial charge in [0.1, 0.15) is 21.7 Å². The molecule has 204 valence electrons. The number of carbonyl (C=O) groups is 2. The zero-order valence-electron chi connectivity index (χ0n) is 21.6. The molecule has 9 nitrogen and oxygen atoms in total. The number of benzene rings is 2. The minimum absolute atomic E-state index is 0. The van der Waals surface area contributed by atoms with Crippen LogP contribution in [0.1, 0.15) is 12.8 Å². The highest BCUT2D eigenvalue weighted by atomic mass is 35.5. The van der Waals surface area contributed by atoms with E-state index in [1.165, 1.54) is 11.3 Å². The maximum atomic E-state index is 14.0. The second kappa shape index (κ2) is 12.8. The molecule has 3 heterocycles. The molecule has 2 saturated heterocycles. The molecule has 0 radical (unpaired) electrons. The summed E-state index contributed by atoms with van der Waals surface area (Å²) in [5.41, 5.74) is 1.48. The van der Waals surface area contributed by atoms with Gasteiger partial charge in [-0.3, -0.25) is 19.4 Å². The number of para-hydroxylation sites is 1. The van der Waals surface area contributed by atoms with Crippen molar-refractivity contribution in [1.29, 1.82) is 0 Å². The van der Waals surface area contributed by atoms with Crippen molar-refractivity contribution in [2.75, 3.05) is 70.0 Å². The Bertz CT molecular complexity index is 1210. The van der Waals surface area contributed by atoms with E-state index in [-0.39, 0.29) is 30.6 Å². The number of morpholine rings is 1. The number of ether oxygens (including phenoxy) is 3. The third-order valence-electron chi connectivity index (χ3n) is 6.90. The van der Waals surface area contributed by atoms with Crippen LogP contribution in [-0.4, -0.2) is 81.9 Å². The van der Waals surface area contributed by atoms with Gasteiger partial charge in [0.2, 0.25) is 11.8 Å². The van der Waals surface area contributed by atoms with Crippen molar-refractivity contribution in [3.05, 3.63) is 42.5 Å². The van der Waals surface area contributed by atoms with Crippen LogP contribution in [0.25, 0.3) is 10.2 Å². The monoisotopic (exact) mass is 560 g/mol. The number of methoxy groups -OCH3 is 2. The Morgan fingerprint density at radius 2 is 1.82 bits per heavy atom. The zero-order chi connectivity index (χ0) is 25.8. The molecule has 2 fully saturated rings. The smallest absolute Gasteiger partial charge is 0.234 e. The summed E-state index contributed by atoms with van der Waals surface area (Å²) in [6.45, 7) is 5.00. The molecule has 0 spiro atoms. The first-order valence-corrected chi connectivity index (χ1v) is 13.4. The second-order valence-electron chi connectivity index (χ2n) is 9.18. The van der Waals surface area contributed by atoms with Crippen molar-refractivity contribution in [3.8, 4) is 11.5 Å². The van der Waals surface area contributed by atoms with Gasteiger partial charge in [0.25, 0.3) is 0 Å². The Morgan fingerprint density at radius 1 is 1.11 bits per heavy atom. The second-order valence-corrected chi connectivity index (χ2v) is 10.2. The summed E-state index contributed by atoms with van der Waals surface area (Å²) in [4.78, 5) is 37.5. The van der Waals surface area contributed by atoms with Crippen molar-refractivity contribution in [2.24, 2.45) is 5.92 Å². The van der Waals surface area contributed by atoms with E-state index in [9.17, 15) is 9.59 Å². The fourth-order valence-electron chi connectivity index (χ4n) is 4.92. The molecule has 2 amide bonds. The van der Waals surface area contributed by atoms with Gasteiger partial charge < -0.3 is 19.1 Å². The average Bonchev–Trinajstić information content (AvgIpc) is 3.55. The standard InChI is InChI=1S/C27H32N4O5S.ClH/c1-34-21-9-10-22(35-2)25-24(21)28-27(37-25)30(12-6-11-29-13-15-36-16-14-29)26(33)19-17-23(32)31(18-19)20-7-4-3-5-8-20;/h3-5,7-10,19H,6,11-18H2,1-2H3;1H. The van der Waals surface area contributed by atoms with Gasteiger partial charge in [-0.1, -0.05) is 29.5 Å². The third-order valence-corrected chi connectivity index (χ3v) is 7.99. The minimum atomic E-state index is -0.438. The van der Waals surface area contributed by atoms with Crippen LogP contribution in [0.3, 0.4) is 0 Å². The van der Waals surface area contributed by atoms with E-state index in [2.05, 4.69) is 4.90 Å². The number of hydrogen-bond donors (Lipinski definition) is 0. The highest BCUT2D eigenvalue weighted by Gasteiger charge is 2.38. The van der Waals surface area contributed by atoms with Crippen molar-refractivity contribution in [1.82, 2.24) is 9.88 Å². The molecule has 1 aromatic heterocycles. The lowest BCUT2D eigenvalue weighted by atomic mass is 10.1. The number of nitrogens with zero attached hydrogens (tertiary/aromatic N) is 4. The Kier molecular flexibility index (Phi) is 9.43. The first-order chi connectivity index (χ1) is 18.1. The topological polar surface area (TPSA) is 84.4 Å². The first-order valence-electron chi connectivity index (χ1n) is 12.6. The lowest BCUT2D eigenvalue weighted by Gasteiger charge is -2.28. The Labute approximate surface area is 232 Å². The maximum absolute atomic E-state index is 14.0. The quantitative estimate of drug-likeness (QED) is 0.393. The van der Waals surface area contributed by atoms with Gasteiger partial charge in [-0.2, -0.15) is 0 Å². The highest BCUT2D eigenvalue weighted by Crippen LogP contribution is 2.41. The fourth-order valence-corrected chi connectivity index (χ4v) is 6.02. The van der Waals surface area contributed by atoms with Crippen LogP contribution >= 0.6 is 23.7 Å². The molecule has 2 aromatic carbocycles. The summed E-state index contributed by atoms with van der Waals surface area (Å²) in [5, 5.41) is 0.593. The number of fused-ring (bicyclic) bond motifs is 1. The summed E-state index contributed by atoms with van der Waals surface area (Å²) < 4.78 is 17.4. The van der Waals surface area contributed by atoms with E-state index >= 15 is 0 Å². The predicted octanol–water partition coefficient (Wildman–Crippen LogP) is 3.84. The van der Waals surface area contributed by atoms with E-state index in [1.807, 2.05) is 42.5 Å². The Balaban J connectivity index is 0.00000336. The van der Waals surface area contributed by atoms with E-state index in [4.69, 9.17) is 19.2 Å². The number of halogens is 1. The molecule has 11 heteroatoms. The number of hydrogen-bond acceptors (Lipinski definition) is 8. The number of aromatic nitrogens is 1. The van der Waals surface area contributed by atoms with E-state index < -0.39 is 5.92 Å². The Morgan fingerprint density at radius 3 is 2.53 bits per heavy atom. The number of anilines is 2. The van der Waals surface area contributed by atoms with Gasteiger partial charge in [0.05, 0.1) is 33.4 Å². The lowest BCUT2D eigenvalue weighted by Crippen LogP contribution is -2.41. The van der Waals surface area contributed by atoms with Crippen LogP contribution in [0.4, 0.5) is 10.8 Å². The maximum Gasteiger partial charge on any atom is 0.234 e. The van der Waals surface area contributed by atoms with Gasteiger partial charge in [-0.15, -0.1) is 12.4 Å². The summed E-state index contributed by atoms with van der Waals surface area (Å²) >= 11 is 1.41. The molecule has 5 rings (SSSR count). The summed E-state index contributed by atoms with van der Waals surface area (Å²) in [6, 6.07) is 13.2. The van der Waals surface area contributed by atoms with Crippen LogP contribution in [0, 0.1) is 5.92 Å². The van der Waals surface area contributed by atoms with Crippen molar-refractivity contribution in [3.63, 3.8) is 0 Å². The van der Waals surface area contributed by atoms with E-state index in [1.54, 1.807) is 24.0 Å². The predicted molar refractivity (Wildman–Crippen MR) is 151 cm³/mol. The molecular formula is C27H33ClN4O5S. The van der Waals surface area contributed by atoms with Crippen LogP contribution in [0.5, 0.6) is 11.5 Å². The molecule has 1 atom stereocenters. The highest BCUT2D eigenvalue weighted by molar-refractivity contribution is 7.22. The summed E-state index contributed by atoms with van der Waals surface area (Å²) in [7, 11) is 3.22. The molecule has 2 aliphatic heterocycles. The van der Waals surface area contributed by atoms with Crippen LogP contribution in [0.2, 0.25) is 0 Å². The number of carbonyl (C=O) groups excluding carboxylic acids is 2. The van der Waals surface area contributed by atoms with E-state index in [0.29, 0.717) is 35.2 Å². The molecule has 3 aromatic rings. The fraction of sp³-hybridized carbons (Fsp3) is 0.444. The zero-order valence-corrected chi connectivity index (χ0v) is 23.3. The molecule has 38 heavy (non-hydrogen) atoms. The lowest BCUT2D eigenvalue weighted by molar-refractivity contribution is -0.124. The normalized spacial score (nSPS) is 17.9. The molecule has 2 aliphatic rings. The Hall–Kier alpha value is -2.92. The molecule has 0 saturated carbocycles. The SMILES string of the molecule is COc1ccc(OC)c2sc(N(CCCN3CCOCC3)C(=O)C3CC(=O)N(c4ccccc4)C3)nc12.Cl. The van der Waals surface area contributed by atoms with E-state index in [0.717, 1.165) is 49.7 Å². The summed E-state index contributed by atoms with van der Waals surface area (Å²) in [6.07, 6.45) is 0.976. The number of rotatable bonds is 9. The molecular weight excluding hydrogens is 528 g/mol. The van der Waals surface area contributed by atoms with Crippen LogP contribution in [0.15, 0.2) is 42.5 Å². The van der Waals surface area contributed by atoms with Gasteiger partial charge in [-0.05, 0) is 30.7 Å². The van der Waals surface area contributed by atoms with Gasteiger partial charge in [0, 0.05) is 44.8 Å². The van der Waals surface area contributed by atoms with Crippen molar-refractivity contribution in [2.45, 2.75) is 12.8 Å². The molecule has 0 N–H and O–H groups in total. The molecule has 0 bridgehead atoms. The molecule has 1 unspecified atom stereocenters. The average molecular weight is 561 g/mol. The van der Waals surface area contributed by atoms with Crippen molar-refractivity contribution < 1.29 is 23.8 Å². The van der Waals surface area contributed by atoms with Crippen LogP contribution < -0.4 is 19.3 Å². The largest absolute Gasteiger partial charge is 0.495 e. The van der Waals surface area contributed by atoms with Crippen LogP contribution in [-0.2, 0) is 14.3 Å². The van der Waals surface area contributed by atoms with Crippen molar-refractivity contribution >= 4 is 56.6 Å². The minimum Gasteiger partial charge on any atom is -0.495 e. The van der Waals surface area contributed by atoms with Gasteiger partial charge in [0.15, 0.2) is 5.13 Å². The number of amides is 2. The molecule has 0 aliphatic carbocycles.